The number of fused-ring (bicyclic) bond motifs is 2. The lowest BCUT2D eigenvalue weighted by Crippen LogP contribution is -2.56. The number of aromatic nitrogens is 2. The van der Waals surface area contributed by atoms with Crippen LogP contribution in [0.2, 0.25) is 5.02 Å². The summed E-state index contributed by atoms with van der Waals surface area (Å²) in [6, 6.07) is 16.4. The first-order valence-corrected chi connectivity index (χ1v) is 20.9. The number of hydrogen-bond acceptors (Lipinski definition) is 4. The van der Waals surface area contributed by atoms with Gasteiger partial charge in [-0.3, -0.25) is 0 Å². The second kappa shape index (κ2) is 17.7. The van der Waals surface area contributed by atoms with Gasteiger partial charge < -0.3 is 50.8 Å². The van der Waals surface area contributed by atoms with Crippen molar-refractivity contribution in [2.24, 2.45) is 0 Å². The third-order valence-corrected chi connectivity index (χ3v) is 11.9. The molecule has 0 spiro atoms. The summed E-state index contributed by atoms with van der Waals surface area (Å²) >= 11 is 9.71. The van der Waals surface area contributed by atoms with Gasteiger partial charge >= 0.3 is 24.1 Å². The zero-order valence-corrected chi connectivity index (χ0v) is 34.3. The number of piperidine rings is 2. The Hall–Kier alpha value is -4.63. The molecular weight excluding hydrogens is 800 g/mol. The molecule has 2 saturated carbocycles. The van der Waals surface area contributed by atoms with Crippen LogP contribution in [-0.2, 0) is 13.1 Å². The third-order valence-electron chi connectivity index (χ3n) is 11.1. The Morgan fingerprint density at radius 3 is 1.77 bits per heavy atom. The van der Waals surface area contributed by atoms with Gasteiger partial charge in [-0.2, -0.15) is 0 Å². The van der Waals surface area contributed by atoms with Gasteiger partial charge in [-0.05, 0) is 93.2 Å². The fourth-order valence-electron chi connectivity index (χ4n) is 8.06. The molecule has 2 aliphatic heterocycles. The lowest BCUT2D eigenvalue weighted by molar-refractivity contribution is 0.116. The van der Waals surface area contributed by atoms with Crippen LogP contribution in [-0.4, -0.2) is 118 Å². The van der Waals surface area contributed by atoms with E-state index in [0.717, 1.165) is 102 Å². The van der Waals surface area contributed by atoms with Gasteiger partial charge in [-0.15, -0.1) is 0 Å². The number of amides is 8. The summed E-state index contributed by atoms with van der Waals surface area (Å²) in [5, 5.41) is 14.3. The van der Waals surface area contributed by atoms with E-state index in [1.807, 2.05) is 57.2 Å². The summed E-state index contributed by atoms with van der Waals surface area (Å²) in [7, 11) is 3.29. The lowest BCUT2D eigenvalue weighted by Gasteiger charge is -2.39. The van der Waals surface area contributed by atoms with Crippen LogP contribution in [0.1, 0.15) is 62.8 Å². The van der Waals surface area contributed by atoms with Crippen molar-refractivity contribution in [2.45, 2.75) is 88.6 Å². The largest absolute Gasteiger partial charge is 0.357 e. The monoisotopic (exact) mass is 850 g/mol. The van der Waals surface area contributed by atoms with Crippen molar-refractivity contribution in [3.05, 3.63) is 69.4 Å². The highest BCUT2D eigenvalue weighted by atomic mass is 79.9. The first-order chi connectivity index (χ1) is 27.1. The predicted molar refractivity (Wildman–Crippen MR) is 222 cm³/mol. The van der Waals surface area contributed by atoms with Crippen molar-refractivity contribution in [3.63, 3.8) is 0 Å². The number of carbonyl (C=O) groups is 4. The predicted octanol–water partition coefficient (Wildman–Crippen LogP) is 6.71. The Balaban J connectivity index is 0.000000172. The minimum absolute atomic E-state index is 0.0360. The molecule has 4 fully saturated rings. The molecule has 4 aliphatic rings. The van der Waals surface area contributed by atoms with Gasteiger partial charge in [-0.25, -0.2) is 19.2 Å². The molecule has 4 aromatic rings. The number of aromatic amines is 2. The van der Waals surface area contributed by atoms with Gasteiger partial charge in [-0.1, -0.05) is 39.7 Å². The Morgan fingerprint density at radius 1 is 0.714 bits per heavy atom. The van der Waals surface area contributed by atoms with Crippen molar-refractivity contribution in [1.29, 1.82) is 0 Å². The molecule has 2 aromatic heterocycles. The topological polar surface area (TPSA) is 161 Å². The maximum absolute atomic E-state index is 13.0. The van der Waals surface area contributed by atoms with Crippen molar-refractivity contribution in [3.8, 4) is 0 Å². The highest BCUT2D eigenvalue weighted by molar-refractivity contribution is 9.10. The minimum atomic E-state index is -0.0733. The summed E-state index contributed by atoms with van der Waals surface area (Å²) in [6.45, 7) is 3.56. The van der Waals surface area contributed by atoms with Gasteiger partial charge in [0.25, 0.3) is 0 Å². The van der Waals surface area contributed by atoms with Crippen molar-refractivity contribution in [1.82, 2.24) is 50.8 Å². The molecule has 8 amide bonds. The molecule has 2 atom stereocenters. The van der Waals surface area contributed by atoms with E-state index in [2.05, 4.69) is 53.2 Å². The summed E-state index contributed by atoms with van der Waals surface area (Å²) in [5.74, 6) is 0. The third kappa shape index (κ3) is 9.48. The van der Waals surface area contributed by atoms with Crippen LogP contribution in [0.4, 0.5) is 19.2 Å². The number of nitrogens with zero attached hydrogens (tertiary/aromatic N) is 4. The number of urea groups is 4. The van der Waals surface area contributed by atoms with E-state index < -0.39 is 0 Å². The van der Waals surface area contributed by atoms with Crippen molar-refractivity contribution in [2.75, 3.05) is 40.3 Å². The van der Waals surface area contributed by atoms with Gasteiger partial charge in [0.15, 0.2) is 0 Å². The molecule has 0 radical (unpaired) electrons. The SMILES string of the molecule is CNC(=O)N1CCC[C@@H](N(C(=O)NCc2cc3c(Cl)cccc3[nH]2)C2CC2)C1.CNC(=O)N1CCC[C@@H](N(C(=O)NCc2cc3ccc(Br)cc3[nH]2)C2CC2)C1. The first kappa shape index (κ1) is 39.6. The van der Waals surface area contributed by atoms with Gasteiger partial charge in [0.05, 0.1) is 25.2 Å². The van der Waals surface area contributed by atoms with E-state index in [9.17, 15) is 19.2 Å². The fraction of sp³-hybridized carbons (Fsp3) is 0.500. The molecule has 2 aliphatic carbocycles. The molecule has 4 heterocycles. The molecule has 300 valence electrons. The fourth-order valence-corrected chi connectivity index (χ4v) is 8.65. The summed E-state index contributed by atoms with van der Waals surface area (Å²) in [5.41, 5.74) is 3.91. The first-order valence-electron chi connectivity index (χ1n) is 19.7. The standard InChI is InChI=1S/C20H26BrN5O2.C20H26ClN5O2/c1-22-19(27)25-8-2-3-17(12-25)26(16-6-7-16)20(28)23-11-15-9-13-4-5-14(21)10-18(13)24-15;1-22-19(27)25-9-3-4-15(12-25)26(14-7-8-14)20(28)23-11-13-10-16-17(21)5-2-6-18(16)24-13/h4-5,9-10,16-17,24H,2-3,6-8,11-12H2,1H3,(H,22,27)(H,23,28);2,5-6,10,14-15,24H,3-4,7-9,11-12H2,1H3,(H,22,27)(H,23,28)/t17-;15-/m11/s1. The van der Waals surface area contributed by atoms with E-state index >= 15 is 0 Å². The molecular formula is C40H52BrClN10O4. The molecule has 6 N–H and O–H groups in total. The molecule has 2 saturated heterocycles. The Kier molecular flexibility index (Phi) is 12.5. The van der Waals surface area contributed by atoms with Crippen LogP contribution >= 0.6 is 27.5 Å². The molecule has 2 aromatic carbocycles. The van der Waals surface area contributed by atoms with Gasteiger partial charge in [0, 0.05) is 89.7 Å². The lowest BCUT2D eigenvalue weighted by atomic mass is 10.0. The Labute approximate surface area is 340 Å². The highest BCUT2D eigenvalue weighted by Crippen LogP contribution is 2.33. The average Bonchev–Trinajstić information content (AvgIpc) is 4.14. The Morgan fingerprint density at radius 2 is 1.25 bits per heavy atom. The molecule has 0 unspecified atom stereocenters. The molecule has 56 heavy (non-hydrogen) atoms. The van der Waals surface area contributed by atoms with Crippen LogP contribution in [0.5, 0.6) is 0 Å². The number of likely N-dealkylation sites (tertiary alicyclic amines) is 2. The Bertz CT molecular complexity index is 2050. The number of H-pyrrole nitrogens is 2. The minimum Gasteiger partial charge on any atom is -0.357 e. The maximum atomic E-state index is 13.0. The maximum Gasteiger partial charge on any atom is 0.318 e. The van der Waals surface area contributed by atoms with E-state index in [0.29, 0.717) is 37.2 Å². The number of nitrogens with one attached hydrogen (secondary N) is 6. The van der Waals surface area contributed by atoms with E-state index in [-0.39, 0.29) is 42.2 Å². The van der Waals surface area contributed by atoms with Gasteiger partial charge in [0.2, 0.25) is 0 Å². The van der Waals surface area contributed by atoms with Gasteiger partial charge in [0.1, 0.15) is 0 Å². The number of hydrogen-bond donors (Lipinski definition) is 6. The van der Waals surface area contributed by atoms with E-state index in [1.165, 1.54) is 0 Å². The van der Waals surface area contributed by atoms with Crippen LogP contribution < -0.4 is 21.3 Å². The average molecular weight is 852 g/mol. The van der Waals surface area contributed by atoms with E-state index in [1.54, 1.807) is 19.0 Å². The van der Waals surface area contributed by atoms with Crippen molar-refractivity contribution < 1.29 is 19.2 Å². The van der Waals surface area contributed by atoms with Crippen LogP contribution in [0.3, 0.4) is 0 Å². The summed E-state index contributed by atoms with van der Waals surface area (Å²) < 4.78 is 1.02. The summed E-state index contributed by atoms with van der Waals surface area (Å²) in [6.07, 6.45) is 7.87. The molecule has 0 bridgehead atoms. The van der Waals surface area contributed by atoms with E-state index in [4.69, 9.17) is 11.6 Å². The number of carbonyl (C=O) groups excluding carboxylic acids is 4. The molecule has 8 rings (SSSR count). The number of benzene rings is 2. The number of halogens is 2. The van der Waals surface area contributed by atoms with Crippen LogP contribution in [0.25, 0.3) is 21.8 Å². The zero-order chi connectivity index (χ0) is 39.3. The highest BCUT2D eigenvalue weighted by Gasteiger charge is 2.41. The molecule has 14 nitrogen and oxygen atoms in total. The smallest absolute Gasteiger partial charge is 0.318 e. The number of rotatable bonds is 8. The quantitative estimate of drug-likeness (QED) is 0.116. The summed E-state index contributed by atoms with van der Waals surface area (Å²) in [4.78, 5) is 64.2. The zero-order valence-electron chi connectivity index (χ0n) is 32.0. The van der Waals surface area contributed by atoms with Crippen LogP contribution in [0.15, 0.2) is 53.0 Å². The second-order valence-electron chi connectivity index (χ2n) is 15.2. The van der Waals surface area contributed by atoms with Crippen LogP contribution in [0, 0.1) is 0 Å². The second-order valence-corrected chi connectivity index (χ2v) is 16.5. The molecule has 16 heteroatoms. The van der Waals surface area contributed by atoms with Crippen molar-refractivity contribution >= 4 is 73.5 Å². The normalized spacial score (nSPS) is 19.5.